The van der Waals surface area contributed by atoms with E-state index in [2.05, 4.69) is 16.8 Å². The maximum absolute atomic E-state index is 13.2. The quantitative estimate of drug-likeness (QED) is 0.784. The van der Waals surface area contributed by atoms with Crippen molar-refractivity contribution in [3.05, 3.63) is 42.2 Å². The van der Waals surface area contributed by atoms with Gasteiger partial charge in [-0.25, -0.2) is 4.39 Å². The second-order valence-electron chi connectivity index (χ2n) is 4.17. The summed E-state index contributed by atoms with van der Waals surface area (Å²) in [7, 11) is 0. The van der Waals surface area contributed by atoms with Gasteiger partial charge in [-0.3, -0.25) is 4.90 Å². The molecule has 3 nitrogen and oxygen atoms in total. The predicted molar refractivity (Wildman–Crippen MR) is 65.4 cm³/mol. The Balaban J connectivity index is 2.27. The molecule has 1 aliphatic rings. The van der Waals surface area contributed by atoms with Crippen molar-refractivity contribution >= 4 is 0 Å². The van der Waals surface area contributed by atoms with E-state index in [1.807, 2.05) is 0 Å². The summed E-state index contributed by atoms with van der Waals surface area (Å²) in [6, 6.07) is 3.90. The second-order valence-corrected chi connectivity index (χ2v) is 4.17. The van der Waals surface area contributed by atoms with E-state index in [0.29, 0.717) is 5.56 Å². The molecule has 1 heterocycles. The number of phenols is 1. The van der Waals surface area contributed by atoms with Gasteiger partial charge in [0.25, 0.3) is 0 Å². The molecule has 1 atom stereocenters. The van der Waals surface area contributed by atoms with Gasteiger partial charge >= 0.3 is 0 Å². The van der Waals surface area contributed by atoms with E-state index in [1.165, 1.54) is 18.2 Å². The maximum atomic E-state index is 13.2. The third kappa shape index (κ3) is 2.65. The third-order valence-electron chi connectivity index (χ3n) is 3.08. The number of nitrogens with one attached hydrogen (secondary N) is 1. The van der Waals surface area contributed by atoms with Gasteiger partial charge in [-0.15, -0.1) is 6.58 Å². The smallest absolute Gasteiger partial charge is 0.123 e. The van der Waals surface area contributed by atoms with Crippen LogP contribution in [-0.4, -0.2) is 36.2 Å². The Morgan fingerprint density at radius 1 is 1.41 bits per heavy atom. The molecule has 92 valence electrons. The highest BCUT2D eigenvalue weighted by Crippen LogP contribution is 2.30. The van der Waals surface area contributed by atoms with Gasteiger partial charge in [0.2, 0.25) is 0 Å². The van der Waals surface area contributed by atoms with Crippen LogP contribution in [0.1, 0.15) is 11.6 Å². The first-order valence-electron chi connectivity index (χ1n) is 5.78. The zero-order valence-electron chi connectivity index (χ0n) is 9.69. The lowest BCUT2D eigenvalue weighted by Crippen LogP contribution is -2.44. The summed E-state index contributed by atoms with van der Waals surface area (Å²) in [6.07, 6.45) is 1.75. The summed E-state index contributed by atoms with van der Waals surface area (Å²) < 4.78 is 13.2. The van der Waals surface area contributed by atoms with Crippen molar-refractivity contribution in [2.24, 2.45) is 0 Å². The molecule has 4 heteroatoms. The van der Waals surface area contributed by atoms with Crippen molar-refractivity contribution in [1.29, 1.82) is 0 Å². The van der Waals surface area contributed by atoms with E-state index in [0.717, 1.165) is 26.2 Å². The molecule has 1 aromatic carbocycles. The topological polar surface area (TPSA) is 35.5 Å². The fraction of sp³-hybridized carbons (Fsp3) is 0.385. The second kappa shape index (κ2) is 5.29. The van der Waals surface area contributed by atoms with Crippen LogP contribution in [0.25, 0.3) is 0 Å². The van der Waals surface area contributed by atoms with Crippen molar-refractivity contribution in [1.82, 2.24) is 10.2 Å². The van der Waals surface area contributed by atoms with Crippen LogP contribution in [0.5, 0.6) is 5.75 Å². The van der Waals surface area contributed by atoms with Crippen LogP contribution < -0.4 is 5.32 Å². The summed E-state index contributed by atoms with van der Waals surface area (Å²) in [5.41, 5.74) is 0.585. The average molecular weight is 236 g/mol. The van der Waals surface area contributed by atoms with E-state index in [4.69, 9.17) is 0 Å². The Morgan fingerprint density at radius 2 is 2.12 bits per heavy atom. The Kier molecular flexibility index (Phi) is 3.76. The fourth-order valence-electron chi connectivity index (χ4n) is 2.20. The number of piperazine rings is 1. The summed E-state index contributed by atoms with van der Waals surface area (Å²) in [5, 5.41) is 13.1. The zero-order valence-corrected chi connectivity index (χ0v) is 9.69. The first-order chi connectivity index (χ1) is 8.22. The molecule has 17 heavy (non-hydrogen) atoms. The highest BCUT2D eigenvalue weighted by atomic mass is 19.1. The Morgan fingerprint density at radius 3 is 2.76 bits per heavy atom. The van der Waals surface area contributed by atoms with Crippen LogP contribution in [0.4, 0.5) is 4.39 Å². The Labute approximate surface area is 101 Å². The van der Waals surface area contributed by atoms with Crippen molar-refractivity contribution < 1.29 is 9.50 Å². The lowest BCUT2D eigenvalue weighted by Gasteiger charge is -2.33. The first kappa shape index (κ1) is 12.1. The van der Waals surface area contributed by atoms with Gasteiger partial charge in [-0.1, -0.05) is 6.08 Å². The molecule has 0 aromatic heterocycles. The van der Waals surface area contributed by atoms with Gasteiger partial charge < -0.3 is 10.4 Å². The molecule has 0 radical (unpaired) electrons. The van der Waals surface area contributed by atoms with E-state index < -0.39 is 0 Å². The molecule has 1 aliphatic heterocycles. The summed E-state index contributed by atoms with van der Waals surface area (Å²) in [5.74, 6) is -0.213. The number of nitrogens with zero attached hydrogens (tertiary/aromatic N) is 1. The normalized spacial score (nSPS) is 18.9. The molecule has 0 amide bonds. The summed E-state index contributed by atoms with van der Waals surface area (Å²) in [4.78, 5) is 2.18. The van der Waals surface area contributed by atoms with E-state index >= 15 is 0 Å². The minimum Gasteiger partial charge on any atom is -0.508 e. The summed E-state index contributed by atoms with van der Waals surface area (Å²) >= 11 is 0. The van der Waals surface area contributed by atoms with Crippen LogP contribution in [0.2, 0.25) is 0 Å². The van der Waals surface area contributed by atoms with Crippen LogP contribution in [0.15, 0.2) is 30.9 Å². The highest BCUT2D eigenvalue weighted by Gasteiger charge is 2.22. The lowest BCUT2D eigenvalue weighted by molar-refractivity contribution is 0.200. The molecular formula is C13H17FN2O. The molecule has 0 aliphatic carbocycles. The highest BCUT2D eigenvalue weighted by molar-refractivity contribution is 5.37. The number of halogens is 1. The number of hydrogen-bond acceptors (Lipinski definition) is 3. The molecule has 0 saturated carbocycles. The number of rotatable bonds is 3. The average Bonchev–Trinajstić information content (AvgIpc) is 2.36. The molecule has 0 unspecified atom stereocenters. The van der Waals surface area contributed by atoms with Crippen LogP contribution in [0, 0.1) is 5.82 Å². The van der Waals surface area contributed by atoms with Gasteiger partial charge in [0.1, 0.15) is 11.6 Å². The van der Waals surface area contributed by atoms with Gasteiger partial charge in [0.05, 0.1) is 6.04 Å². The van der Waals surface area contributed by atoms with Crippen molar-refractivity contribution in [2.75, 3.05) is 26.2 Å². The molecule has 0 spiro atoms. The molecule has 1 aromatic rings. The van der Waals surface area contributed by atoms with E-state index in [1.54, 1.807) is 6.08 Å². The monoisotopic (exact) mass is 236 g/mol. The molecule has 0 bridgehead atoms. The Bertz CT molecular complexity index is 402. The van der Waals surface area contributed by atoms with Crippen molar-refractivity contribution in [3.8, 4) is 5.75 Å². The predicted octanol–water partition coefficient (Wildman–Crippen LogP) is 1.66. The molecule has 1 saturated heterocycles. The minimum absolute atomic E-state index is 0.120. The lowest BCUT2D eigenvalue weighted by atomic mass is 10.0. The molecule has 2 N–H and O–H groups in total. The van der Waals surface area contributed by atoms with E-state index in [-0.39, 0.29) is 17.6 Å². The van der Waals surface area contributed by atoms with Crippen LogP contribution in [-0.2, 0) is 0 Å². The number of hydrogen-bond donors (Lipinski definition) is 2. The van der Waals surface area contributed by atoms with Gasteiger partial charge in [0, 0.05) is 31.7 Å². The third-order valence-corrected chi connectivity index (χ3v) is 3.08. The Hall–Kier alpha value is -1.39. The number of aromatic hydroxyl groups is 1. The number of benzene rings is 1. The van der Waals surface area contributed by atoms with E-state index in [9.17, 15) is 9.50 Å². The van der Waals surface area contributed by atoms with Crippen LogP contribution in [0.3, 0.4) is 0 Å². The van der Waals surface area contributed by atoms with Crippen molar-refractivity contribution in [2.45, 2.75) is 6.04 Å². The maximum Gasteiger partial charge on any atom is 0.123 e. The largest absolute Gasteiger partial charge is 0.508 e. The standard InChI is InChI=1S/C13H17FN2O/c1-2-12(16-7-5-15-6-8-16)11-9-10(14)3-4-13(11)17/h2-4,9,12,15,17H,1,5-8H2/t12-/m0/s1. The van der Waals surface area contributed by atoms with Gasteiger partial charge in [-0.05, 0) is 18.2 Å². The number of phenolic OH excluding ortho intramolecular Hbond substituents is 1. The molecule has 2 rings (SSSR count). The van der Waals surface area contributed by atoms with Gasteiger partial charge in [0.15, 0.2) is 0 Å². The van der Waals surface area contributed by atoms with Crippen LogP contribution >= 0.6 is 0 Å². The van der Waals surface area contributed by atoms with Gasteiger partial charge in [-0.2, -0.15) is 0 Å². The SMILES string of the molecule is C=C[C@@H](c1cc(F)ccc1O)N1CCNCC1. The fourth-order valence-corrected chi connectivity index (χ4v) is 2.20. The molecule has 1 fully saturated rings. The van der Waals surface area contributed by atoms with Crippen molar-refractivity contribution in [3.63, 3.8) is 0 Å². The first-order valence-corrected chi connectivity index (χ1v) is 5.78. The molecular weight excluding hydrogens is 219 g/mol. The minimum atomic E-state index is -0.334. The summed E-state index contributed by atoms with van der Waals surface area (Å²) in [6.45, 7) is 7.33. The zero-order chi connectivity index (χ0) is 12.3.